The van der Waals surface area contributed by atoms with Crippen molar-refractivity contribution >= 4 is 29.1 Å². The first kappa shape index (κ1) is 28.8. The zero-order valence-corrected chi connectivity index (χ0v) is 24.2. The van der Waals surface area contributed by atoms with E-state index in [0.29, 0.717) is 43.9 Å². The molecule has 208 valence electrons. The molecule has 39 heavy (non-hydrogen) atoms. The number of aromatic nitrogens is 2. The number of anilines is 1. The van der Waals surface area contributed by atoms with E-state index in [1.165, 1.54) is 5.56 Å². The molecule has 1 aromatic heterocycles. The minimum atomic E-state index is 0.0970. The molecular formula is C31H40ClN5O2. The molecule has 4 rings (SSSR count). The summed E-state index contributed by atoms with van der Waals surface area (Å²) in [5.41, 5.74) is 5.07. The van der Waals surface area contributed by atoms with E-state index in [1.54, 1.807) is 4.68 Å². The van der Waals surface area contributed by atoms with Crippen LogP contribution in [0.5, 0.6) is 0 Å². The summed E-state index contributed by atoms with van der Waals surface area (Å²) in [6.45, 7) is 8.07. The molecule has 2 heterocycles. The van der Waals surface area contributed by atoms with Crippen LogP contribution in [0.3, 0.4) is 0 Å². The molecule has 0 radical (unpaired) electrons. The number of carbonyl (C=O) groups is 2. The van der Waals surface area contributed by atoms with Gasteiger partial charge in [0.15, 0.2) is 0 Å². The number of rotatable bonds is 7. The van der Waals surface area contributed by atoms with Gasteiger partial charge in [0.25, 0.3) is 0 Å². The zero-order chi connectivity index (χ0) is 27.8. The summed E-state index contributed by atoms with van der Waals surface area (Å²) in [6, 6.07) is 16.1. The van der Waals surface area contributed by atoms with Gasteiger partial charge in [0, 0.05) is 70.4 Å². The van der Waals surface area contributed by atoms with Crippen LogP contribution in [-0.4, -0.2) is 57.6 Å². The van der Waals surface area contributed by atoms with Gasteiger partial charge in [-0.2, -0.15) is 5.10 Å². The fraction of sp³-hybridized carbons (Fsp3) is 0.452. The van der Waals surface area contributed by atoms with Crippen LogP contribution >= 0.6 is 11.6 Å². The molecule has 8 heteroatoms. The molecule has 0 saturated heterocycles. The van der Waals surface area contributed by atoms with Gasteiger partial charge >= 0.3 is 0 Å². The van der Waals surface area contributed by atoms with Gasteiger partial charge in [-0.15, -0.1) is 0 Å². The number of aryl methyl sites for hydroxylation is 3. The molecule has 0 saturated carbocycles. The molecule has 2 aromatic carbocycles. The normalized spacial score (nSPS) is 15.1. The first-order valence-electron chi connectivity index (χ1n) is 14.0. The maximum atomic E-state index is 13.7. The molecule has 0 atom stereocenters. The van der Waals surface area contributed by atoms with Gasteiger partial charge in [-0.05, 0) is 55.0 Å². The van der Waals surface area contributed by atoms with E-state index in [4.69, 9.17) is 11.6 Å². The molecule has 0 unspecified atom stereocenters. The van der Waals surface area contributed by atoms with Crippen molar-refractivity contribution in [2.45, 2.75) is 59.0 Å². The first-order chi connectivity index (χ1) is 18.8. The maximum Gasteiger partial charge on any atom is 0.226 e. The van der Waals surface area contributed by atoms with Crippen LogP contribution in [0.15, 0.2) is 54.7 Å². The summed E-state index contributed by atoms with van der Waals surface area (Å²) < 4.78 is 1.80. The highest BCUT2D eigenvalue weighted by atomic mass is 35.5. The number of carbonyl (C=O) groups excluding carboxylic acids is 2. The third kappa shape index (κ3) is 7.93. The Morgan fingerprint density at radius 3 is 2.49 bits per heavy atom. The third-order valence-corrected chi connectivity index (χ3v) is 7.57. The average Bonchev–Trinajstić information content (AvgIpc) is 3.23. The van der Waals surface area contributed by atoms with Crippen LogP contribution in [0.25, 0.3) is 0 Å². The fourth-order valence-corrected chi connectivity index (χ4v) is 5.43. The number of nitrogens with zero attached hydrogens (tertiary/aromatic N) is 5. The minimum Gasteiger partial charge on any atom is -0.337 e. The molecule has 1 aliphatic rings. The third-order valence-electron chi connectivity index (χ3n) is 7.33. The lowest BCUT2D eigenvalue weighted by Crippen LogP contribution is -2.38. The number of benzene rings is 2. The SMILES string of the molecule is CCCC(=O)N1CCCN(Cc2ccccc2)CCN(C(=O)CCc2cn(C)nc2C)Cc2ccc(Cl)cc21. The molecule has 0 bridgehead atoms. The lowest BCUT2D eigenvalue weighted by Gasteiger charge is -2.28. The van der Waals surface area contributed by atoms with E-state index in [2.05, 4.69) is 34.3 Å². The average molecular weight is 550 g/mol. The Morgan fingerprint density at radius 2 is 1.77 bits per heavy atom. The van der Waals surface area contributed by atoms with E-state index in [1.807, 2.05) is 61.2 Å². The Hall–Kier alpha value is -3.16. The van der Waals surface area contributed by atoms with Gasteiger partial charge in [0.1, 0.15) is 0 Å². The van der Waals surface area contributed by atoms with Crippen LogP contribution in [-0.2, 0) is 36.1 Å². The van der Waals surface area contributed by atoms with Crippen molar-refractivity contribution in [2.75, 3.05) is 31.1 Å². The number of amides is 2. The Labute approximate surface area is 237 Å². The van der Waals surface area contributed by atoms with Crippen molar-refractivity contribution in [3.8, 4) is 0 Å². The van der Waals surface area contributed by atoms with Gasteiger partial charge < -0.3 is 9.80 Å². The van der Waals surface area contributed by atoms with E-state index < -0.39 is 0 Å². The van der Waals surface area contributed by atoms with E-state index in [-0.39, 0.29) is 11.8 Å². The van der Waals surface area contributed by atoms with Crippen molar-refractivity contribution in [2.24, 2.45) is 7.05 Å². The maximum absolute atomic E-state index is 13.7. The second kappa shape index (κ2) is 13.8. The van der Waals surface area contributed by atoms with Crippen molar-refractivity contribution in [3.05, 3.63) is 82.1 Å². The molecule has 2 amide bonds. The van der Waals surface area contributed by atoms with Crippen LogP contribution < -0.4 is 4.90 Å². The Morgan fingerprint density at radius 1 is 0.974 bits per heavy atom. The first-order valence-corrected chi connectivity index (χ1v) is 14.3. The van der Waals surface area contributed by atoms with E-state index >= 15 is 0 Å². The van der Waals surface area contributed by atoms with Crippen LogP contribution in [0.4, 0.5) is 5.69 Å². The largest absolute Gasteiger partial charge is 0.337 e. The molecule has 0 spiro atoms. The molecule has 0 fully saturated rings. The molecule has 0 N–H and O–H groups in total. The van der Waals surface area contributed by atoms with Gasteiger partial charge in [-0.25, -0.2) is 0 Å². The van der Waals surface area contributed by atoms with Crippen LogP contribution in [0.2, 0.25) is 5.02 Å². The molecular weight excluding hydrogens is 510 g/mol. The van der Waals surface area contributed by atoms with Crippen molar-refractivity contribution in [1.82, 2.24) is 19.6 Å². The summed E-state index contributed by atoms with van der Waals surface area (Å²) in [7, 11) is 1.90. The predicted octanol–water partition coefficient (Wildman–Crippen LogP) is 5.38. The van der Waals surface area contributed by atoms with E-state index in [9.17, 15) is 9.59 Å². The fourth-order valence-electron chi connectivity index (χ4n) is 5.27. The summed E-state index contributed by atoms with van der Waals surface area (Å²) in [6.07, 6.45) is 5.15. The highest BCUT2D eigenvalue weighted by Gasteiger charge is 2.24. The number of halogens is 1. The summed E-state index contributed by atoms with van der Waals surface area (Å²) in [4.78, 5) is 33.2. The van der Waals surface area contributed by atoms with Gasteiger partial charge in [0.05, 0.1) is 11.4 Å². The molecule has 7 nitrogen and oxygen atoms in total. The van der Waals surface area contributed by atoms with Gasteiger partial charge in [-0.3, -0.25) is 19.2 Å². The second-order valence-corrected chi connectivity index (χ2v) is 10.8. The Kier molecular flexibility index (Phi) is 10.2. The minimum absolute atomic E-state index is 0.0970. The van der Waals surface area contributed by atoms with Crippen molar-refractivity contribution in [3.63, 3.8) is 0 Å². The predicted molar refractivity (Wildman–Crippen MR) is 157 cm³/mol. The molecule has 1 aliphatic heterocycles. The van der Waals surface area contributed by atoms with Crippen molar-refractivity contribution in [1.29, 1.82) is 0 Å². The molecule has 3 aromatic rings. The number of hydrogen-bond acceptors (Lipinski definition) is 4. The van der Waals surface area contributed by atoms with Crippen LogP contribution in [0, 0.1) is 6.92 Å². The summed E-state index contributed by atoms with van der Waals surface area (Å²) in [5.74, 6) is 0.198. The Balaban J connectivity index is 1.62. The van der Waals surface area contributed by atoms with Gasteiger partial charge in [0.2, 0.25) is 11.8 Å². The lowest BCUT2D eigenvalue weighted by atomic mass is 10.1. The van der Waals surface area contributed by atoms with E-state index in [0.717, 1.165) is 55.0 Å². The number of hydrogen-bond donors (Lipinski definition) is 0. The Bertz CT molecular complexity index is 1260. The quantitative estimate of drug-likeness (QED) is 0.397. The van der Waals surface area contributed by atoms with Gasteiger partial charge in [-0.1, -0.05) is 54.9 Å². The lowest BCUT2D eigenvalue weighted by molar-refractivity contribution is -0.132. The summed E-state index contributed by atoms with van der Waals surface area (Å²) in [5, 5.41) is 5.02. The summed E-state index contributed by atoms with van der Waals surface area (Å²) >= 11 is 6.44. The smallest absolute Gasteiger partial charge is 0.226 e. The zero-order valence-electron chi connectivity index (χ0n) is 23.4. The number of fused-ring (bicyclic) bond motifs is 1. The monoisotopic (exact) mass is 549 g/mol. The molecule has 0 aliphatic carbocycles. The second-order valence-electron chi connectivity index (χ2n) is 10.4. The topological polar surface area (TPSA) is 61.7 Å². The standard InChI is InChI=1S/C31H40ClN5O2/c1-4-9-31(39)37-17-8-16-35(21-25-10-6-5-7-11-25)18-19-36(23-27-12-14-28(32)20-29(27)37)30(38)15-13-26-22-34(3)33-24(26)2/h5-7,10-12,14,20,22H,4,8-9,13,15-19,21,23H2,1-3H3. The van der Waals surface area contributed by atoms with Crippen molar-refractivity contribution < 1.29 is 9.59 Å². The van der Waals surface area contributed by atoms with Crippen LogP contribution in [0.1, 0.15) is 55.0 Å². The highest BCUT2D eigenvalue weighted by molar-refractivity contribution is 6.31. The highest BCUT2D eigenvalue weighted by Crippen LogP contribution is 2.28.